The van der Waals surface area contributed by atoms with Crippen LogP contribution in [0.3, 0.4) is 0 Å². The van der Waals surface area contributed by atoms with E-state index in [-0.39, 0.29) is 6.03 Å². The summed E-state index contributed by atoms with van der Waals surface area (Å²) in [5.74, 6) is 1.80. The summed E-state index contributed by atoms with van der Waals surface area (Å²) in [6.45, 7) is 5.62. The average molecular weight is 407 g/mol. The summed E-state index contributed by atoms with van der Waals surface area (Å²) in [5.41, 5.74) is 2.85. The summed E-state index contributed by atoms with van der Waals surface area (Å²) in [4.78, 5) is 20.6. The van der Waals surface area contributed by atoms with Gasteiger partial charge in [0.05, 0.1) is 7.11 Å². The van der Waals surface area contributed by atoms with Crippen molar-refractivity contribution >= 4 is 11.7 Å². The molecule has 2 aromatic carbocycles. The van der Waals surface area contributed by atoms with Crippen LogP contribution in [0.15, 0.2) is 53.1 Å². The van der Waals surface area contributed by atoms with Crippen LogP contribution in [-0.2, 0) is 0 Å². The Hall–Kier alpha value is -3.55. The molecule has 8 nitrogen and oxygen atoms in total. The van der Waals surface area contributed by atoms with Gasteiger partial charge in [0.25, 0.3) is 5.89 Å². The lowest BCUT2D eigenvalue weighted by Crippen LogP contribution is -2.51. The fraction of sp³-hybridized carbons (Fsp3) is 0.318. The van der Waals surface area contributed by atoms with Crippen LogP contribution in [0.1, 0.15) is 6.92 Å². The van der Waals surface area contributed by atoms with E-state index in [0.29, 0.717) is 31.3 Å². The van der Waals surface area contributed by atoms with Gasteiger partial charge >= 0.3 is 6.03 Å². The smallest absolute Gasteiger partial charge is 0.317 e. The monoisotopic (exact) mass is 407 g/mol. The minimum atomic E-state index is 0.0114. The molecule has 0 bridgehead atoms. The lowest BCUT2D eigenvalue weighted by atomic mass is 10.1. The summed E-state index contributed by atoms with van der Waals surface area (Å²) in [6.07, 6.45) is 0. The maximum Gasteiger partial charge on any atom is 0.317 e. The minimum Gasteiger partial charge on any atom is -0.497 e. The number of nitrogens with zero attached hydrogens (tertiary/aromatic N) is 4. The van der Waals surface area contributed by atoms with E-state index in [4.69, 9.17) is 9.26 Å². The molecule has 0 atom stereocenters. The molecule has 2 amide bonds. The van der Waals surface area contributed by atoms with Crippen molar-refractivity contribution in [2.45, 2.75) is 6.92 Å². The van der Waals surface area contributed by atoms with E-state index in [1.54, 1.807) is 7.11 Å². The second kappa shape index (κ2) is 8.86. The van der Waals surface area contributed by atoms with Crippen molar-refractivity contribution in [2.75, 3.05) is 44.7 Å². The first kappa shape index (κ1) is 19.8. The largest absolute Gasteiger partial charge is 0.497 e. The summed E-state index contributed by atoms with van der Waals surface area (Å²) in [7, 11) is 1.63. The molecule has 0 radical (unpaired) electrons. The van der Waals surface area contributed by atoms with E-state index >= 15 is 0 Å². The number of amides is 2. The number of aromatic nitrogens is 2. The van der Waals surface area contributed by atoms with E-state index < -0.39 is 0 Å². The maximum absolute atomic E-state index is 11.9. The normalized spacial score (nSPS) is 13.9. The third-order valence-electron chi connectivity index (χ3n) is 5.15. The van der Waals surface area contributed by atoms with Crippen LogP contribution >= 0.6 is 0 Å². The molecule has 0 unspecified atom stereocenters. The van der Waals surface area contributed by atoms with E-state index in [0.717, 1.165) is 35.7 Å². The molecule has 1 fully saturated rings. The Balaban J connectivity index is 1.41. The molecule has 4 rings (SSSR count). The van der Waals surface area contributed by atoms with Crippen molar-refractivity contribution in [3.8, 4) is 28.6 Å². The highest BCUT2D eigenvalue weighted by molar-refractivity contribution is 5.74. The Labute approximate surface area is 175 Å². The van der Waals surface area contributed by atoms with Gasteiger partial charge in [0, 0.05) is 49.5 Å². The number of benzene rings is 2. The van der Waals surface area contributed by atoms with Crippen LogP contribution in [0.5, 0.6) is 5.75 Å². The van der Waals surface area contributed by atoms with Crippen molar-refractivity contribution in [1.29, 1.82) is 0 Å². The third-order valence-corrected chi connectivity index (χ3v) is 5.15. The van der Waals surface area contributed by atoms with Crippen LogP contribution < -0.4 is 15.0 Å². The van der Waals surface area contributed by atoms with Crippen molar-refractivity contribution in [2.24, 2.45) is 0 Å². The molecule has 1 aliphatic heterocycles. The molecular formula is C22H25N5O3. The Morgan fingerprint density at radius 3 is 2.33 bits per heavy atom. The first-order chi connectivity index (χ1) is 14.7. The predicted octanol–water partition coefficient (Wildman–Crippen LogP) is 3.26. The van der Waals surface area contributed by atoms with Gasteiger partial charge in [-0.2, -0.15) is 4.98 Å². The number of hydrogen-bond donors (Lipinski definition) is 1. The Bertz CT molecular complexity index is 977. The van der Waals surface area contributed by atoms with Gasteiger partial charge < -0.3 is 24.4 Å². The molecular weight excluding hydrogens is 382 g/mol. The molecule has 8 heteroatoms. The lowest BCUT2D eigenvalue weighted by Gasteiger charge is -2.36. The van der Waals surface area contributed by atoms with Gasteiger partial charge in [-0.05, 0) is 55.5 Å². The van der Waals surface area contributed by atoms with Gasteiger partial charge in [-0.25, -0.2) is 4.79 Å². The van der Waals surface area contributed by atoms with Gasteiger partial charge in [-0.3, -0.25) is 0 Å². The molecule has 1 N–H and O–H groups in total. The number of hydrogen-bond acceptors (Lipinski definition) is 6. The molecule has 1 saturated heterocycles. The zero-order valence-electron chi connectivity index (χ0n) is 17.2. The maximum atomic E-state index is 11.9. The van der Waals surface area contributed by atoms with E-state index in [9.17, 15) is 4.79 Å². The third kappa shape index (κ3) is 4.22. The van der Waals surface area contributed by atoms with Crippen molar-refractivity contribution in [1.82, 2.24) is 20.4 Å². The zero-order valence-corrected chi connectivity index (χ0v) is 17.2. The number of piperazine rings is 1. The molecule has 0 aliphatic carbocycles. The second-order valence-electron chi connectivity index (χ2n) is 7.01. The highest BCUT2D eigenvalue weighted by atomic mass is 16.5. The van der Waals surface area contributed by atoms with E-state index in [2.05, 4.69) is 32.5 Å². The number of ether oxygens (including phenoxy) is 1. The fourth-order valence-electron chi connectivity index (χ4n) is 3.44. The van der Waals surface area contributed by atoms with E-state index in [1.807, 2.05) is 48.2 Å². The summed E-state index contributed by atoms with van der Waals surface area (Å²) in [6, 6.07) is 15.6. The number of nitrogens with one attached hydrogen (secondary N) is 1. The molecule has 30 heavy (non-hydrogen) atoms. The molecule has 1 aromatic heterocycles. The molecule has 0 spiro atoms. The quantitative estimate of drug-likeness (QED) is 0.699. The van der Waals surface area contributed by atoms with Crippen LogP contribution in [-0.4, -0.2) is 60.9 Å². The number of urea groups is 1. The summed E-state index contributed by atoms with van der Waals surface area (Å²) in [5, 5.41) is 6.97. The number of carbonyl (C=O) groups excluding carboxylic acids is 1. The van der Waals surface area contributed by atoms with Crippen LogP contribution in [0.2, 0.25) is 0 Å². The first-order valence-corrected chi connectivity index (χ1v) is 10.0. The minimum absolute atomic E-state index is 0.0114. The Kier molecular flexibility index (Phi) is 5.83. The number of methoxy groups -OCH3 is 1. The second-order valence-corrected chi connectivity index (χ2v) is 7.01. The van der Waals surface area contributed by atoms with Gasteiger partial charge in [0.1, 0.15) is 5.75 Å². The number of rotatable bonds is 5. The van der Waals surface area contributed by atoms with Crippen molar-refractivity contribution in [3.05, 3.63) is 48.5 Å². The van der Waals surface area contributed by atoms with Crippen molar-refractivity contribution in [3.63, 3.8) is 0 Å². The highest BCUT2D eigenvalue weighted by Gasteiger charge is 2.21. The lowest BCUT2D eigenvalue weighted by molar-refractivity contribution is 0.195. The summed E-state index contributed by atoms with van der Waals surface area (Å²) < 4.78 is 10.6. The zero-order chi connectivity index (χ0) is 20.9. The fourth-order valence-corrected chi connectivity index (χ4v) is 3.44. The van der Waals surface area contributed by atoms with Gasteiger partial charge in [-0.15, -0.1) is 0 Å². The first-order valence-electron chi connectivity index (χ1n) is 10.0. The van der Waals surface area contributed by atoms with E-state index in [1.165, 1.54) is 0 Å². The van der Waals surface area contributed by atoms with Gasteiger partial charge in [0.15, 0.2) is 0 Å². The van der Waals surface area contributed by atoms with Crippen molar-refractivity contribution < 1.29 is 14.1 Å². The molecule has 156 valence electrons. The number of carbonyl (C=O) groups is 1. The predicted molar refractivity (Wildman–Crippen MR) is 115 cm³/mol. The highest BCUT2D eigenvalue weighted by Crippen LogP contribution is 2.26. The molecule has 0 saturated carbocycles. The average Bonchev–Trinajstić information content (AvgIpc) is 3.30. The topological polar surface area (TPSA) is 83.7 Å². The summed E-state index contributed by atoms with van der Waals surface area (Å²) >= 11 is 0. The van der Waals surface area contributed by atoms with Crippen LogP contribution in [0.4, 0.5) is 10.5 Å². The Morgan fingerprint density at radius 1 is 1.03 bits per heavy atom. The van der Waals surface area contributed by atoms with Crippen LogP contribution in [0.25, 0.3) is 22.8 Å². The number of anilines is 1. The molecule has 3 aromatic rings. The van der Waals surface area contributed by atoms with Gasteiger partial charge in [0.2, 0.25) is 5.82 Å². The Morgan fingerprint density at radius 2 is 1.70 bits per heavy atom. The molecule has 2 heterocycles. The SMILES string of the molecule is CCNC(=O)N1CCN(c2ccc(-c3noc(-c4ccc(OC)cc4)n3)cc2)CC1. The van der Waals surface area contributed by atoms with Crippen LogP contribution in [0, 0.1) is 0 Å². The molecule has 1 aliphatic rings. The standard InChI is InChI=1S/C22H25N5O3/c1-3-23-22(28)27-14-12-26(13-15-27)18-8-4-16(5-9-18)20-24-21(30-25-20)17-6-10-19(29-2)11-7-17/h4-11H,3,12-15H2,1-2H3,(H,23,28). The van der Waals surface area contributed by atoms with Gasteiger partial charge in [-0.1, -0.05) is 5.16 Å².